The molecule has 0 aromatic rings. The van der Waals surface area contributed by atoms with E-state index in [9.17, 15) is 4.79 Å². The van der Waals surface area contributed by atoms with Gasteiger partial charge in [0.1, 0.15) is 5.54 Å². The monoisotopic (exact) mass is 355 g/mol. The van der Waals surface area contributed by atoms with E-state index in [-0.39, 0.29) is 42.2 Å². The van der Waals surface area contributed by atoms with Crippen LogP contribution in [0.3, 0.4) is 0 Å². The predicted octanol–water partition coefficient (Wildman–Crippen LogP) is 1.57. The number of nitrogens with one attached hydrogen (secondary N) is 1. The van der Waals surface area contributed by atoms with Crippen molar-refractivity contribution < 1.29 is 9.53 Å². The van der Waals surface area contributed by atoms with Crippen molar-refractivity contribution in [3.8, 4) is 0 Å². The van der Waals surface area contributed by atoms with Gasteiger partial charge < -0.3 is 20.7 Å². The Kier molecular flexibility index (Phi) is 8.66. The molecule has 2 atom stereocenters. The van der Waals surface area contributed by atoms with E-state index in [1.807, 2.05) is 20.8 Å². The van der Waals surface area contributed by atoms with Crippen molar-refractivity contribution in [2.75, 3.05) is 32.8 Å². The second kappa shape index (κ2) is 8.69. The van der Waals surface area contributed by atoms with E-state index in [4.69, 9.17) is 10.5 Å². The van der Waals surface area contributed by atoms with E-state index < -0.39 is 5.54 Å². The second-order valence-corrected chi connectivity index (χ2v) is 6.65. The molecular formula is C15H31Cl2N3O2. The third kappa shape index (κ3) is 4.06. The van der Waals surface area contributed by atoms with Gasteiger partial charge in [-0.3, -0.25) is 4.79 Å². The van der Waals surface area contributed by atoms with E-state index in [2.05, 4.69) is 10.2 Å². The summed E-state index contributed by atoms with van der Waals surface area (Å²) in [5, 5.41) is 3.01. The highest BCUT2D eigenvalue weighted by Crippen LogP contribution is 2.49. The lowest BCUT2D eigenvalue weighted by Gasteiger charge is -2.57. The highest BCUT2D eigenvalue weighted by molar-refractivity contribution is 5.88. The summed E-state index contributed by atoms with van der Waals surface area (Å²) in [5.41, 5.74) is 5.23. The zero-order valence-corrected chi connectivity index (χ0v) is 15.5. The summed E-state index contributed by atoms with van der Waals surface area (Å²) < 4.78 is 5.66. The number of nitrogens with two attached hydrogens (primary N) is 1. The number of hydrogen-bond acceptors (Lipinski definition) is 4. The standard InChI is InChI=1S/C15H29N3O2.2ClH/c1-4-20-12-11-15(16,14(12,2)3)13(19)17-7-10-18-8-5-6-9-18;;/h12H,4-11,16H2,1-3H3,(H,17,19);2*1H. The van der Waals surface area contributed by atoms with Crippen LogP contribution in [-0.2, 0) is 9.53 Å². The number of nitrogens with zero attached hydrogens (tertiary/aromatic N) is 1. The first kappa shape index (κ1) is 21.9. The lowest BCUT2D eigenvalue weighted by Crippen LogP contribution is -2.75. The van der Waals surface area contributed by atoms with Crippen LogP contribution >= 0.6 is 24.8 Å². The normalized spacial score (nSPS) is 29.9. The molecule has 1 aliphatic heterocycles. The molecule has 3 N–H and O–H groups in total. The van der Waals surface area contributed by atoms with Crippen LogP contribution in [0, 0.1) is 5.41 Å². The van der Waals surface area contributed by atoms with Crippen molar-refractivity contribution in [1.82, 2.24) is 10.2 Å². The van der Waals surface area contributed by atoms with E-state index >= 15 is 0 Å². The minimum absolute atomic E-state index is 0. The number of likely N-dealkylation sites (tertiary alicyclic amines) is 1. The largest absolute Gasteiger partial charge is 0.378 e. The van der Waals surface area contributed by atoms with Crippen LogP contribution in [0.25, 0.3) is 0 Å². The van der Waals surface area contributed by atoms with Crippen molar-refractivity contribution >= 4 is 30.7 Å². The third-order valence-corrected chi connectivity index (χ3v) is 5.15. The topological polar surface area (TPSA) is 67.6 Å². The fourth-order valence-electron chi connectivity index (χ4n) is 3.31. The summed E-state index contributed by atoms with van der Waals surface area (Å²) in [6, 6.07) is 0. The van der Waals surface area contributed by atoms with E-state index in [0.29, 0.717) is 19.6 Å². The summed E-state index contributed by atoms with van der Waals surface area (Å²) >= 11 is 0. The Morgan fingerprint density at radius 2 is 1.91 bits per heavy atom. The number of rotatable bonds is 6. The van der Waals surface area contributed by atoms with Crippen LogP contribution in [0.2, 0.25) is 0 Å². The van der Waals surface area contributed by atoms with Gasteiger partial charge in [0.2, 0.25) is 5.91 Å². The number of ether oxygens (including phenoxy) is 1. The Balaban J connectivity index is 0.00000220. The van der Waals surface area contributed by atoms with Gasteiger partial charge in [-0.1, -0.05) is 13.8 Å². The Morgan fingerprint density at radius 3 is 2.41 bits per heavy atom. The zero-order valence-electron chi connectivity index (χ0n) is 13.9. The van der Waals surface area contributed by atoms with Gasteiger partial charge in [-0.15, -0.1) is 24.8 Å². The number of hydrogen-bond donors (Lipinski definition) is 2. The smallest absolute Gasteiger partial charge is 0.240 e. The molecule has 0 radical (unpaired) electrons. The molecule has 1 aliphatic carbocycles. The Morgan fingerprint density at radius 1 is 1.32 bits per heavy atom. The van der Waals surface area contributed by atoms with Crippen LogP contribution in [0.4, 0.5) is 0 Å². The van der Waals surface area contributed by atoms with E-state index in [0.717, 1.165) is 19.6 Å². The molecule has 0 spiro atoms. The summed E-state index contributed by atoms with van der Waals surface area (Å²) in [4.78, 5) is 14.8. The molecule has 1 amide bonds. The minimum atomic E-state index is -0.794. The molecule has 1 saturated carbocycles. The molecule has 2 unspecified atom stereocenters. The van der Waals surface area contributed by atoms with Gasteiger partial charge in [0.05, 0.1) is 6.10 Å². The molecule has 0 aromatic carbocycles. The quantitative estimate of drug-likeness (QED) is 0.758. The van der Waals surface area contributed by atoms with Gasteiger partial charge in [0, 0.05) is 31.5 Å². The van der Waals surface area contributed by atoms with E-state index in [1.165, 1.54) is 12.8 Å². The molecule has 0 bridgehead atoms. The van der Waals surface area contributed by atoms with Crippen LogP contribution in [0.1, 0.15) is 40.0 Å². The maximum atomic E-state index is 12.4. The predicted molar refractivity (Wildman–Crippen MR) is 93.9 cm³/mol. The summed E-state index contributed by atoms with van der Waals surface area (Å²) in [6.07, 6.45) is 3.25. The first-order chi connectivity index (χ1) is 9.41. The second-order valence-electron chi connectivity index (χ2n) is 6.65. The van der Waals surface area contributed by atoms with Gasteiger partial charge in [0.15, 0.2) is 0 Å². The highest BCUT2D eigenvalue weighted by Gasteiger charge is 2.62. The fraction of sp³-hybridized carbons (Fsp3) is 0.933. The molecule has 22 heavy (non-hydrogen) atoms. The van der Waals surface area contributed by atoms with Crippen LogP contribution in [-0.4, -0.2) is 55.2 Å². The molecule has 7 heteroatoms. The van der Waals surface area contributed by atoms with Crippen LogP contribution in [0.15, 0.2) is 0 Å². The summed E-state index contributed by atoms with van der Waals surface area (Å²) in [7, 11) is 0. The van der Waals surface area contributed by atoms with Gasteiger partial charge in [-0.25, -0.2) is 0 Å². The molecule has 5 nitrogen and oxygen atoms in total. The SMILES string of the molecule is CCOC1CC(N)(C(=O)NCCN2CCCC2)C1(C)C.Cl.Cl. The molecule has 1 heterocycles. The third-order valence-electron chi connectivity index (χ3n) is 5.15. The molecule has 2 fully saturated rings. The Hall–Kier alpha value is -0.0700. The van der Waals surface area contributed by atoms with Gasteiger partial charge in [-0.05, 0) is 32.9 Å². The van der Waals surface area contributed by atoms with Crippen molar-refractivity contribution in [2.24, 2.45) is 11.1 Å². The highest BCUT2D eigenvalue weighted by atomic mass is 35.5. The number of halogens is 2. The van der Waals surface area contributed by atoms with Gasteiger partial charge in [-0.2, -0.15) is 0 Å². The molecular weight excluding hydrogens is 325 g/mol. The Bertz CT molecular complexity index is 363. The lowest BCUT2D eigenvalue weighted by atomic mass is 9.54. The minimum Gasteiger partial charge on any atom is -0.378 e. The first-order valence-electron chi connectivity index (χ1n) is 7.83. The maximum Gasteiger partial charge on any atom is 0.240 e. The fourth-order valence-corrected chi connectivity index (χ4v) is 3.31. The molecule has 2 aliphatic rings. The lowest BCUT2D eigenvalue weighted by molar-refractivity contribution is -0.170. The van der Waals surface area contributed by atoms with E-state index in [1.54, 1.807) is 0 Å². The number of carbonyl (C=O) groups is 1. The molecule has 0 aromatic heterocycles. The van der Waals surface area contributed by atoms with Crippen LogP contribution < -0.4 is 11.1 Å². The van der Waals surface area contributed by atoms with Crippen molar-refractivity contribution in [1.29, 1.82) is 0 Å². The summed E-state index contributed by atoms with van der Waals surface area (Å²) in [5.74, 6) is -0.0300. The first-order valence-corrected chi connectivity index (χ1v) is 7.83. The number of carbonyl (C=O) groups excluding carboxylic acids is 1. The van der Waals surface area contributed by atoms with Crippen LogP contribution in [0.5, 0.6) is 0 Å². The average Bonchev–Trinajstić information content (AvgIpc) is 2.91. The average molecular weight is 356 g/mol. The van der Waals surface area contributed by atoms with Gasteiger partial charge in [0.25, 0.3) is 0 Å². The maximum absolute atomic E-state index is 12.4. The van der Waals surface area contributed by atoms with Crippen molar-refractivity contribution in [3.05, 3.63) is 0 Å². The van der Waals surface area contributed by atoms with Gasteiger partial charge >= 0.3 is 0 Å². The summed E-state index contributed by atoms with van der Waals surface area (Å²) in [6.45, 7) is 10.6. The zero-order chi connectivity index (χ0) is 14.8. The molecule has 1 saturated heterocycles. The Labute approximate surface area is 146 Å². The van der Waals surface area contributed by atoms with Crippen molar-refractivity contribution in [2.45, 2.75) is 51.7 Å². The van der Waals surface area contributed by atoms with Crippen molar-refractivity contribution in [3.63, 3.8) is 0 Å². The molecule has 2 rings (SSSR count). The number of amides is 1. The molecule has 132 valence electrons.